The highest BCUT2D eigenvalue weighted by atomic mass is 35.5. The van der Waals surface area contributed by atoms with Gasteiger partial charge in [-0.05, 0) is 18.2 Å². The van der Waals surface area contributed by atoms with Crippen LogP contribution in [0.1, 0.15) is 45.8 Å². The van der Waals surface area contributed by atoms with Gasteiger partial charge in [-0.15, -0.1) is 0 Å². The van der Waals surface area contributed by atoms with E-state index in [1.54, 1.807) is 13.8 Å². The standard InChI is InChI=1S/C18H15ClFNO5/c1-18(2)25-8-11-10(7-21-14(16(11)26-18)17(23)24-3)15(22)9-4-5-13(20)12(19)6-9/h4-7H,8H2,1-3H3. The second kappa shape index (κ2) is 6.66. The quantitative estimate of drug-likeness (QED) is 0.600. The number of esters is 1. The normalized spacial score (nSPS) is 15.0. The van der Waals surface area contributed by atoms with Crippen molar-refractivity contribution in [3.8, 4) is 5.75 Å². The molecule has 1 aliphatic rings. The van der Waals surface area contributed by atoms with Crippen molar-refractivity contribution >= 4 is 23.4 Å². The Morgan fingerprint density at radius 2 is 2.08 bits per heavy atom. The summed E-state index contributed by atoms with van der Waals surface area (Å²) in [6.45, 7) is 3.38. The smallest absolute Gasteiger partial charge is 0.360 e. The molecule has 0 saturated carbocycles. The topological polar surface area (TPSA) is 74.7 Å². The first-order valence-electron chi connectivity index (χ1n) is 7.66. The summed E-state index contributed by atoms with van der Waals surface area (Å²) in [7, 11) is 1.22. The van der Waals surface area contributed by atoms with E-state index in [0.29, 0.717) is 5.56 Å². The van der Waals surface area contributed by atoms with Crippen molar-refractivity contribution in [1.29, 1.82) is 0 Å². The predicted octanol–water partition coefficient (Wildman–Crippen LogP) is 3.54. The summed E-state index contributed by atoms with van der Waals surface area (Å²) >= 11 is 5.76. The molecule has 0 amide bonds. The van der Waals surface area contributed by atoms with Gasteiger partial charge in [0.1, 0.15) is 5.82 Å². The number of pyridine rings is 1. The molecule has 0 radical (unpaired) electrons. The summed E-state index contributed by atoms with van der Waals surface area (Å²) in [6.07, 6.45) is 1.25. The number of carbonyl (C=O) groups is 2. The molecule has 6 nitrogen and oxygen atoms in total. The molecule has 0 aliphatic carbocycles. The average molecular weight is 380 g/mol. The van der Waals surface area contributed by atoms with Gasteiger partial charge in [0, 0.05) is 31.2 Å². The molecule has 0 atom stereocenters. The predicted molar refractivity (Wildman–Crippen MR) is 89.9 cm³/mol. The van der Waals surface area contributed by atoms with Crippen LogP contribution in [0.5, 0.6) is 5.75 Å². The number of rotatable bonds is 3. The number of aromatic nitrogens is 1. The molecular weight excluding hydrogens is 365 g/mol. The van der Waals surface area contributed by atoms with E-state index in [2.05, 4.69) is 4.98 Å². The third kappa shape index (κ3) is 3.27. The number of halogens is 2. The van der Waals surface area contributed by atoms with E-state index < -0.39 is 23.4 Å². The summed E-state index contributed by atoms with van der Waals surface area (Å²) in [6, 6.07) is 3.65. The lowest BCUT2D eigenvalue weighted by atomic mass is 9.98. The van der Waals surface area contributed by atoms with Crippen molar-refractivity contribution in [2.45, 2.75) is 26.2 Å². The van der Waals surface area contributed by atoms with Crippen LogP contribution in [0.2, 0.25) is 5.02 Å². The maximum Gasteiger partial charge on any atom is 0.360 e. The SMILES string of the molecule is COC(=O)c1ncc(C(=O)c2ccc(F)c(Cl)c2)c2c1OC(C)(C)OC2. The Kier molecular flexibility index (Phi) is 4.68. The lowest BCUT2D eigenvalue weighted by Crippen LogP contribution is -2.37. The molecule has 0 fully saturated rings. The molecule has 0 spiro atoms. The number of benzene rings is 1. The van der Waals surface area contributed by atoms with Crippen LogP contribution in [0.15, 0.2) is 24.4 Å². The molecule has 136 valence electrons. The second-order valence-electron chi connectivity index (χ2n) is 6.07. The van der Waals surface area contributed by atoms with Gasteiger partial charge in [0.05, 0.1) is 24.3 Å². The largest absolute Gasteiger partial charge is 0.464 e. The van der Waals surface area contributed by atoms with Crippen molar-refractivity contribution in [3.05, 3.63) is 57.6 Å². The molecule has 0 bridgehead atoms. The summed E-state index contributed by atoms with van der Waals surface area (Å²) in [4.78, 5) is 28.9. The van der Waals surface area contributed by atoms with Crippen LogP contribution in [0.25, 0.3) is 0 Å². The fraction of sp³-hybridized carbons (Fsp3) is 0.278. The van der Waals surface area contributed by atoms with Crippen LogP contribution < -0.4 is 4.74 Å². The van der Waals surface area contributed by atoms with Crippen LogP contribution >= 0.6 is 11.6 Å². The van der Waals surface area contributed by atoms with Gasteiger partial charge in [0.25, 0.3) is 0 Å². The number of methoxy groups -OCH3 is 1. The first kappa shape index (κ1) is 18.3. The number of fused-ring (bicyclic) bond motifs is 1. The Hall–Kier alpha value is -2.51. The van der Waals surface area contributed by atoms with Crippen molar-refractivity contribution in [2.75, 3.05) is 7.11 Å². The van der Waals surface area contributed by atoms with E-state index in [0.717, 1.165) is 6.07 Å². The van der Waals surface area contributed by atoms with E-state index in [1.807, 2.05) is 0 Å². The fourth-order valence-electron chi connectivity index (χ4n) is 2.54. The minimum atomic E-state index is -1.00. The Bertz CT molecular complexity index is 913. The highest BCUT2D eigenvalue weighted by molar-refractivity contribution is 6.31. The number of hydrogen-bond donors (Lipinski definition) is 0. The van der Waals surface area contributed by atoms with Crippen molar-refractivity contribution in [3.63, 3.8) is 0 Å². The maximum absolute atomic E-state index is 13.4. The van der Waals surface area contributed by atoms with E-state index in [1.165, 1.54) is 25.4 Å². The van der Waals surface area contributed by atoms with E-state index in [9.17, 15) is 14.0 Å². The third-order valence-electron chi connectivity index (χ3n) is 3.85. The summed E-state index contributed by atoms with van der Waals surface area (Å²) in [5, 5.41) is -0.169. The molecule has 0 saturated heterocycles. The van der Waals surface area contributed by atoms with Gasteiger partial charge in [0.15, 0.2) is 17.2 Å². The van der Waals surface area contributed by atoms with E-state index >= 15 is 0 Å². The lowest BCUT2D eigenvalue weighted by Gasteiger charge is -2.33. The van der Waals surface area contributed by atoms with Crippen molar-refractivity contribution in [1.82, 2.24) is 4.98 Å². The highest BCUT2D eigenvalue weighted by Crippen LogP contribution is 2.36. The number of ether oxygens (including phenoxy) is 3. The maximum atomic E-state index is 13.4. The van der Waals surface area contributed by atoms with Gasteiger partial charge in [-0.3, -0.25) is 4.79 Å². The Morgan fingerprint density at radius 3 is 2.73 bits per heavy atom. The fourth-order valence-corrected chi connectivity index (χ4v) is 2.72. The molecule has 0 N–H and O–H groups in total. The molecule has 3 rings (SSSR count). The average Bonchev–Trinajstić information content (AvgIpc) is 2.61. The Morgan fingerprint density at radius 1 is 1.35 bits per heavy atom. The zero-order chi connectivity index (χ0) is 19.1. The number of nitrogens with zero attached hydrogens (tertiary/aromatic N) is 1. The number of ketones is 1. The number of carbonyl (C=O) groups excluding carboxylic acids is 2. The molecule has 1 aromatic heterocycles. The summed E-state index contributed by atoms with van der Waals surface area (Å²) in [5.41, 5.74) is 0.666. The molecule has 1 aliphatic heterocycles. The first-order chi connectivity index (χ1) is 12.2. The van der Waals surface area contributed by atoms with Gasteiger partial charge in [-0.25, -0.2) is 14.2 Å². The van der Waals surface area contributed by atoms with E-state index in [-0.39, 0.29) is 34.2 Å². The zero-order valence-electron chi connectivity index (χ0n) is 14.3. The lowest BCUT2D eigenvalue weighted by molar-refractivity contribution is -0.180. The van der Waals surface area contributed by atoms with Gasteiger partial charge in [0.2, 0.25) is 5.79 Å². The minimum absolute atomic E-state index is 0.0326. The first-order valence-corrected chi connectivity index (χ1v) is 8.04. The molecule has 1 aromatic carbocycles. The van der Waals surface area contributed by atoms with Crippen LogP contribution in [-0.2, 0) is 16.1 Å². The van der Waals surface area contributed by atoms with Crippen LogP contribution in [-0.4, -0.2) is 29.6 Å². The summed E-state index contributed by atoms with van der Waals surface area (Å²) < 4.78 is 29.4. The minimum Gasteiger partial charge on any atom is -0.464 e. The monoisotopic (exact) mass is 379 g/mol. The van der Waals surface area contributed by atoms with Crippen LogP contribution in [0.4, 0.5) is 4.39 Å². The Labute approximate surface area is 153 Å². The van der Waals surface area contributed by atoms with Crippen molar-refractivity contribution < 1.29 is 28.2 Å². The molecule has 2 heterocycles. The molecule has 8 heteroatoms. The summed E-state index contributed by atoms with van der Waals surface area (Å²) in [5.74, 6) is -2.63. The molecule has 2 aromatic rings. The number of hydrogen-bond acceptors (Lipinski definition) is 6. The van der Waals surface area contributed by atoms with Crippen LogP contribution in [0.3, 0.4) is 0 Å². The second-order valence-corrected chi connectivity index (χ2v) is 6.48. The molecule has 0 unspecified atom stereocenters. The van der Waals surface area contributed by atoms with Gasteiger partial charge in [-0.2, -0.15) is 0 Å². The zero-order valence-corrected chi connectivity index (χ0v) is 15.0. The van der Waals surface area contributed by atoms with Gasteiger partial charge >= 0.3 is 5.97 Å². The van der Waals surface area contributed by atoms with Gasteiger partial charge in [-0.1, -0.05) is 11.6 Å². The van der Waals surface area contributed by atoms with Gasteiger partial charge < -0.3 is 14.2 Å². The Balaban J connectivity index is 2.13. The van der Waals surface area contributed by atoms with Crippen LogP contribution in [0, 0.1) is 5.82 Å². The highest BCUT2D eigenvalue weighted by Gasteiger charge is 2.35. The molecule has 26 heavy (non-hydrogen) atoms. The molecular formula is C18H15ClFNO5. The van der Waals surface area contributed by atoms with E-state index in [4.69, 9.17) is 25.8 Å². The third-order valence-corrected chi connectivity index (χ3v) is 4.14. The van der Waals surface area contributed by atoms with Crippen molar-refractivity contribution in [2.24, 2.45) is 0 Å².